The second-order valence-electron chi connectivity index (χ2n) is 4.26. The minimum absolute atomic E-state index is 0.127. The van der Waals surface area contributed by atoms with Crippen molar-refractivity contribution in [3.63, 3.8) is 0 Å². The van der Waals surface area contributed by atoms with Crippen LogP contribution in [0.2, 0.25) is 10.0 Å². The van der Waals surface area contributed by atoms with Crippen molar-refractivity contribution in [2.45, 2.75) is 13.0 Å². The molecule has 1 atom stereocenters. The molecule has 0 saturated heterocycles. The first kappa shape index (κ1) is 15.3. The van der Waals surface area contributed by atoms with Crippen LogP contribution >= 0.6 is 34.5 Å². The van der Waals surface area contributed by atoms with Gasteiger partial charge in [0, 0.05) is 10.9 Å². The Labute approximate surface area is 131 Å². The molecule has 2 aromatic rings. The van der Waals surface area contributed by atoms with Gasteiger partial charge < -0.3 is 10.6 Å². The number of para-hydroxylation sites is 1. The molecule has 0 unspecified atom stereocenters. The molecule has 0 saturated carbocycles. The minimum Gasteiger partial charge on any atom is -0.322 e. The van der Waals surface area contributed by atoms with Gasteiger partial charge in [0.1, 0.15) is 0 Å². The van der Waals surface area contributed by atoms with Crippen LogP contribution in [0.4, 0.5) is 5.69 Å². The fourth-order valence-corrected chi connectivity index (χ4v) is 2.94. The lowest BCUT2D eigenvalue weighted by atomic mass is 10.2. The van der Waals surface area contributed by atoms with Crippen LogP contribution in [0.25, 0.3) is 0 Å². The number of carbonyl (C=O) groups is 1. The summed E-state index contributed by atoms with van der Waals surface area (Å²) in [7, 11) is 0. The predicted molar refractivity (Wildman–Crippen MR) is 85.8 cm³/mol. The van der Waals surface area contributed by atoms with Crippen molar-refractivity contribution in [3.8, 4) is 0 Å². The average Bonchev–Trinajstić information content (AvgIpc) is 2.94. The molecule has 2 rings (SSSR count). The van der Waals surface area contributed by atoms with Gasteiger partial charge in [0.2, 0.25) is 5.91 Å². The van der Waals surface area contributed by atoms with Crippen molar-refractivity contribution in [2.75, 3.05) is 11.9 Å². The predicted octanol–water partition coefficient (Wildman–Crippen LogP) is 4.34. The number of rotatable bonds is 5. The molecule has 2 N–H and O–H groups in total. The smallest absolute Gasteiger partial charge is 0.238 e. The molecular formula is C14H14Cl2N2OS. The molecule has 0 aliphatic rings. The van der Waals surface area contributed by atoms with Crippen molar-refractivity contribution in [3.05, 3.63) is 50.6 Å². The Morgan fingerprint density at radius 3 is 2.55 bits per heavy atom. The fourth-order valence-electron chi connectivity index (χ4n) is 1.68. The fraction of sp³-hybridized carbons (Fsp3) is 0.214. The molecular weight excluding hydrogens is 315 g/mol. The standard InChI is InChI=1S/C14H14Cl2N2OS/c1-9(12-6-3-7-20-12)17-8-13(19)18-14-10(15)4-2-5-11(14)16/h2-7,9,17H,8H2,1H3,(H,18,19)/t9-/m1/s1. The van der Waals surface area contributed by atoms with Gasteiger partial charge in [-0.1, -0.05) is 35.3 Å². The molecule has 0 fully saturated rings. The van der Waals surface area contributed by atoms with E-state index in [1.54, 1.807) is 29.5 Å². The number of hydrogen-bond acceptors (Lipinski definition) is 3. The lowest BCUT2D eigenvalue weighted by molar-refractivity contribution is -0.115. The maximum atomic E-state index is 11.9. The van der Waals surface area contributed by atoms with E-state index in [9.17, 15) is 4.79 Å². The van der Waals surface area contributed by atoms with Gasteiger partial charge in [0.15, 0.2) is 0 Å². The molecule has 1 heterocycles. The highest BCUT2D eigenvalue weighted by molar-refractivity contribution is 7.10. The van der Waals surface area contributed by atoms with Crippen LogP contribution in [0.3, 0.4) is 0 Å². The SMILES string of the molecule is C[C@@H](NCC(=O)Nc1c(Cl)cccc1Cl)c1cccs1. The van der Waals surface area contributed by atoms with Crippen LogP contribution in [0.5, 0.6) is 0 Å². The van der Waals surface area contributed by atoms with Gasteiger partial charge in [-0.3, -0.25) is 4.79 Å². The van der Waals surface area contributed by atoms with Gasteiger partial charge in [-0.25, -0.2) is 0 Å². The quantitative estimate of drug-likeness (QED) is 0.856. The van der Waals surface area contributed by atoms with Gasteiger partial charge in [-0.15, -0.1) is 11.3 Å². The molecule has 0 spiro atoms. The Hall–Kier alpha value is -1.07. The number of thiophene rings is 1. The van der Waals surface area contributed by atoms with Crippen molar-refractivity contribution in [1.29, 1.82) is 0 Å². The lowest BCUT2D eigenvalue weighted by Crippen LogP contribution is -2.29. The maximum absolute atomic E-state index is 11.9. The van der Waals surface area contributed by atoms with Crippen LogP contribution in [-0.4, -0.2) is 12.5 Å². The second kappa shape index (κ2) is 7.09. The number of benzene rings is 1. The molecule has 106 valence electrons. The molecule has 3 nitrogen and oxygen atoms in total. The molecule has 0 bridgehead atoms. The lowest BCUT2D eigenvalue weighted by Gasteiger charge is -2.13. The van der Waals surface area contributed by atoms with E-state index in [1.807, 2.05) is 24.4 Å². The molecule has 0 aliphatic heterocycles. The molecule has 20 heavy (non-hydrogen) atoms. The Morgan fingerprint density at radius 2 is 1.95 bits per heavy atom. The zero-order valence-electron chi connectivity index (χ0n) is 10.8. The van der Waals surface area contributed by atoms with E-state index in [4.69, 9.17) is 23.2 Å². The van der Waals surface area contributed by atoms with Gasteiger partial charge in [-0.2, -0.15) is 0 Å². The van der Waals surface area contributed by atoms with Gasteiger partial charge >= 0.3 is 0 Å². The number of halogens is 2. The normalized spacial score (nSPS) is 12.2. The first-order valence-corrected chi connectivity index (χ1v) is 7.72. The monoisotopic (exact) mass is 328 g/mol. The van der Waals surface area contributed by atoms with Crippen molar-refractivity contribution >= 4 is 46.1 Å². The maximum Gasteiger partial charge on any atom is 0.238 e. The highest BCUT2D eigenvalue weighted by Crippen LogP contribution is 2.29. The average molecular weight is 329 g/mol. The molecule has 1 aromatic heterocycles. The van der Waals surface area contributed by atoms with E-state index in [0.717, 1.165) is 0 Å². The number of nitrogens with one attached hydrogen (secondary N) is 2. The van der Waals surface area contributed by atoms with Crippen molar-refractivity contribution < 1.29 is 4.79 Å². The van der Waals surface area contributed by atoms with E-state index < -0.39 is 0 Å². The van der Waals surface area contributed by atoms with Gasteiger partial charge in [0.05, 0.1) is 22.3 Å². The van der Waals surface area contributed by atoms with Crippen LogP contribution in [0, 0.1) is 0 Å². The number of carbonyl (C=O) groups excluding carboxylic acids is 1. The van der Waals surface area contributed by atoms with Gasteiger partial charge in [0.25, 0.3) is 0 Å². The molecule has 0 radical (unpaired) electrons. The third kappa shape index (κ3) is 3.96. The summed E-state index contributed by atoms with van der Waals surface area (Å²) >= 11 is 13.7. The summed E-state index contributed by atoms with van der Waals surface area (Å²) in [5.74, 6) is -0.177. The first-order valence-electron chi connectivity index (χ1n) is 6.08. The summed E-state index contributed by atoms with van der Waals surface area (Å²) in [5, 5.41) is 8.74. The second-order valence-corrected chi connectivity index (χ2v) is 6.06. The highest BCUT2D eigenvalue weighted by atomic mass is 35.5. The summed E-state index contributed by atoms with van der Waals surface area (Å²) in [6.07, 6.45) is 0. The number of hydrogen-bond donors (Lipinski definition) is 2. The number of anilines is 1. The zero-order valence-corrected chi connectivity index (χ0v) is 13.1. The van der Waals surface area contributed by atoms with E-state index in [2.05, 4.69) is 10.6 Å². The summed E-state index contributed by atoms with van der Waals surface area (Å²) in [4.78, 5) is 13.1. The van der Waals surface area contributed by atoms with Crippen LogP contribution in [0.1, 0.15) is 17.8 Å². The van der Waals surface area contributed by atoms with E-state index >= 15 is 0 Å². The third-order valence-electron chi connectivity index (χ3n) is 2.77. The third-order valence-corrected chi connectivity index (χ3v) is 4.45. The summed E-state index contributed by atoms with van der Waals surface area (Å²) in [6.45, 7) is 2.21. The first-order chi connectivity index (χ1) is 9.58. The minimum atomic E-state index is -0.177. The Balaban J connectivity index is 1.90. The van der Waals surface area contributed by atoms with E-state index in [1.165, 1.54) is 4.88 Å². The topological polar surface area (TPSA) is 41.1 Å². The summed E-state index contributed by atoms with van der Waals surface area (Å²) in [6, 6.07) is 9.25. The Kier molecular flexibility index (Phi) is 5.43. The highest BCUT2D eigenvalue weighted by Gasteiger charge is 2.11. The zero-order chi connectivity index (χ0) is 14.5. The Bertz CT molecular complexity index is 567. The van der Waals surface area contributed by atoms with Crippen molar-refractivity contribution in [2.24, 2.45) is 0 Å². The molecule has 6 heteroatoms. The number of amides is 1. The summed E-state index contributed by atoms with van der Waals surface area (Å²) in [5.41, 5.74) is 0.450. The molecule has 0 aliphatic carbocycles. The van der Waals surface area contributed by atoms with E-state index in [0.29, 0.717) is 15.7 Å². The van der Waals surface area contributed by atoms with Crippen molar-refractivity contribution in [1.82, 2.24) is 5.32 Å². The van der Waals surface area contributed by atoms with Crippen LogP contribution in [-0.2, 0) is 4.79 Å². The van der Waals surface area contributed by atoms with Crippen LogP contribution < -0.4 is 10.6 Å². The largest absolute Gasteiger partial charge is 0.322 e. The molecule has 1 amide bonds. The molecule has 1 aromatic carbocycles. The van der Waals surface area contributed by atoms with E-state index in [-0.39, 0.29) is 18.5 Å². The van der Waals surface area contributed by atoms with Gasteiger partial charge in [-0.05, 0) is 30.5 Å². The summed E-state index contributed by atoms with van der Waals surface area (Å²) < 4.78 is 0. The Morgan fingerprint density at radius 1 is 1.25 bits per heavy atom. The van der Waals surface area contributed by atoms with Crippen LogP contribution in [0.15, 0.2) is 35.7 Å².